The molecule has 6 heteroatoms. The third-order valence-corrected chi connectivity index (χ3v) is 3.23. The molecule has 2 N–H and O–H groups in total. The standard InChI is InChI=1S/C13H14BrN3O2/c14-12-11(9-16-17-13(12)18)15-7-4-8-19-10-5-2-1-3-6-10/h1-3,5-6,9H,4,7-8H2,(H2,15,17,18). The number of aromatic nitrogens is 2. The second-order valence-corrected chi connectivity index (χ2v) is 4.66. The molecule has 0 aliphatic heterocycles. The summed E-state index contributed by atoms with van der Waals surface area (Å²) in [4.78, 5) is 11.3. The van der Waals surface area contributed by atoms with E-state index in [4.69, 9.17) is 4.74 Å². The fourth-order valence-corrected chi connectivity index (χ4v) is 1.84. The van der Waals surface area contributed by atoms with Gasteiger partial charge in [-0.15, -0.1) is 0 Å². The van der Waals surface area contributed by atoms with E-state index in [2.05, 4.69) is 31.4 Å². The first-order valence-electron chi connectivity index (χ1n) is 5.92. The number of benzene rings is 1. The van der Waals surface area contributed by atoms with E-state index in [1.165, 1.54) is 0 Å². The maximum absolute atomic E-state index is 11.3. The Morgan fingerprint density at radius 3 is 2.89 bits per heavy atom. The molecule has 0 amide bonds. The largest absolute Gasteiger partial charge is 0.494 e. The maximum Gasteiger partial charge on any atom is 0.280 e. The lowest BCUT2D eigenvalue weighted by molar-refractivity contribution is 0.315. The molecular weight excluding hydrogens is 310 g/mol. The molecule has 0 aliphatic rings. The van der Waals surface area contributed by atoms with Crippen molar-refractivity contribution < 1.29 is 4.74 Å². The van der Waals surface area contributed by atoms with Crippen LogP contribution in [0.1, 0.15) is 6.42 Å². The van der Waals surface area contributed by atoms with Crippen molar-refractivity contribution in [2.75, 3.05) is 18.5 Å². The van der Waals surface area contributed by atoms with E-state index in [0.29, 0.717) is 23.3 Å². The van der Waals surface area contributed by atoms with Crippen LogP contribution in [0.15, 0.2) is 45.8 Å². The van der Waals surface area contributed by atoms with Gasteiger partial charge in [0.05, 0.1) is 18.5 Å². The Kier molecular flexibility index (Phi) is 4.97. The Morgan fingerprint density at radius 2 is 2.11 bits per heavy atom. The fourth-order valence-electron chi connectivity index (χ4n) is 1.51. The normalized spacial score (nSPS) is 10.2. The molecule has 0 aliphatic carbocycles. The highest BCUT2D eigenvalue weighted by Crippen LogP contribution is 2.15. The van der Waals surface area contributed by atoms with Gasteiger partial charge in [0.2, 0.25) is 0 Å². The van der Waals surface area contributed by atoms with E-state index in [9.17, 15) is 4.79 Å². The van der Waals surface area contributed by atoms with Gasteiger partial charge in [0, 0.05) is 6.54 Å². The van der Waals surface area contributed by atoms with Gasteiger partial charge in [-0.25, -0.2) is 5.10 Å². The number of rotatable bonds is 6. The summed E-state index contributed by atoms with van der Waals surface area (Å²) in [7, 11) is 0. The van der Waals surface area contributed by atoms with Crippen molar-refractivity contribution >= 4 is 21.6 Å². The highest BCUT2D eigenvalue weighted by atomic mass is 79.9. The molecule has 5 nitrogen and oxygen atoms in total. The molecule has 19 heavy (non-hydrogen) atoms. The predicted octanol–water partition coefficient (Wildman–Crippen LogP) is 2.41. The van der Waals surface area contributed by atoms with Crippen molar-refractivity contribution in [1.82, 2.24) is 10.2 Å². The number of ether oxygens (including phenoxy) is 1. The Hall–Kier alpha value is -1.82. The summed E-state index contributed by atoms with van der Waals surface area (Å²) in [5.41, 5.74) is 0.439. The van der Waals surface area contributed by atoms with Crippen LogP contribution in [0, 0.1) is 0 Å². The van der Waals surface area contributed by atoms with Gasteiger partial charge in [-0.3, -0.25) is 4.79 Å². The first-order chi connectivity index (χ1) is 9.27. The number of anilines is 1. The summed E-state index contributed by atoms with van der Waals surface area (Å²) in [6.07, 6.45) is 2.40. The SMILES string of the molecule is O=c1[nH]ncc(NCCCOc2ccccc2)c1Br. The Balaban J connectivity index is 1.72. The third kappa shape index (κ3) is 4.10. The van der Waals surface area contributed by atoms with Gasteiger partial charge < -0.3 is 10.1 Å². The first-order valence-corrected chi connectivity index (χ1v) is 6.71. The van der Waals surface area contributed by atoms with Gasteiger partial charge in [-0.2, -0.15) is 5.10 Å². The lowest BCUT2D eigenvalue weighted by Gasteiger charge is -2.08. The van der Waals surface area contributed by atoms with Gasteiger partial charge >= 0.3 is 0 Å². The first kappa shape index (κ1) is 13.6. The smallest absolute Gasteiger partial charge is 0.280 e. The molecular formula is C13H14BrN3O2. The van der Waals surface area contributed by atoms with Crippen LogP contribution in [0.2, 0.25) is 0 Å². The summed E-state index contributed by atoms with van der Waals surface area (Å²) < 4.78 is 6.03. The van der Waals surface area contributed by atoms with Crippen molar-refractivity contribution in [3.8, 4) is 5.75 Å². The van der Waals surface area contributed by atoms with Crippen molar-refractivity contribution in [2.45, 2.75) is 6.42 Å². The van der Waals surface area contributed by atoms with Crippen molar-refractivity contribution in [1.29, 1.82) is 0 Å². The highest BCUT2D eigenvalue weighted by molar-refractivity contribution is 9.10. The number of halogens is 1. The minimum absolute atomic E-state index is 0.245. The zero-order valence-electron chi connectivity index (χ0n) is 10.2. The van der Waals surface area contributed by atoms with Gasteiger partial charge in [-0.05, 0) is 34.5 Å². The van der Waals surface area contributed by atoms with Crippen LogP contribution in [-0.2, 0) is 0 Å². The second kappa shape index (κ2) is 6.94. The van der Waals surface area contributed by atoms with Gasteiger partial charge in [0.25, 0.3) is 5.56 Å². The molecule has 0 radical (unpaired) electrons. The molecule has 1 aromatic carbocycles. The highest BCUT2D eigenvalue weighted by Gasteiger charge is 2.02. The van der Waals surface area contributed by atoms with E-state index < -0.39 is 0 Å². The monoisotopic (exact) mass is 323 g/mol. The molecule has 2 rings (SSSR count). The van der Waals surface area contributed by atoms with Crippen LogP contribution < -0.4 is 15.6 Å². The van der Waals surface area contributed by atoms with Crippen LogP contribution >= 0.6 is 15.9 Å². The second-order valence-electron chi connectivity index (χ2n) is 3.87. The number of para-hydroxylation sites is 1. The lowest BCUT2D eigenvalue weighted by atomic mass is 10.3. The summed E-state index contributed by atoms with van der Waals surface area (Å²) in [5.74, 6) is 0.863. The van der Waals surface area contributed by atoms with Gasteiger partial charge in [0.15, 0.2) is 0 Å². The predicted molar refractivity (Wildman–Crippen MR) is 77.6 cm³/mol. The summed E-state index contributed by atoms with van der Waals surface area (Å²) >= 11 is 3.21. The van der Waals surface area contributed by atoms with E-state index >= 15 is 0 Å². The van der Waals surface area contributed by atoms with Crippen LogP contribution in [-0.4, -0.2) is 23.3 Å². The average Bonchev–Trinajstić information content (AvgIpc) is 2.44. The molecule has 0 unspecified atom stereocenters. The van der Waals surface area contributed by atoms with Gasteiger partial charge in [-0.1, -0.05) is 18.2 Å². The van der Waals surface area contributed by atoms with Crippen molar-refractivity contribution in [3.05, 3.63) is 51.4 Å². The number of nitrogens with one attached hydrogen (secondary N) is 2. The van der Waals surface area contributed by atoms with Gasteiger partial charge in [0.1, 0.15) is 10.2 Å². The van der Waals surface area contributed by atoms with E-state index in [1.807, 2.05) is 30.3 Å². The summed E-state index contributed by atoms with van der Waals surface area (Å²) in [6, 6.07) is 9.67. The molecule has 2 aromatic rings. The molecule has 0 atom stereocenters. The third-order valence-electron chi connectivity index (χ3n) is 2.44. The lowest BCUT2D eigenvalue weighted by Crippen LogP contribution is -2.14. The van der Waals surface area contributed by atoms with Crippen LogP contribution in [0.4, 0.5) is 5.69 Å². The Labute approximate surface area is 119 Å². The molecule has 0 fully saturated rings. The van der Waals surface area contributed by atoms with Crippen molar-refractivity contribution in [3.63, 3.8) is 0 Å². The minimum atomic E-state index is -0.245. The Bertz CT molecular complexity index is 572. The molecule has 1 aromatic heterocycles. The quantitative estimate of drug-likeness (QED) is 0.801. The van der Waals surface area contributed by atoms with Crippen LogP contribution in [0.3, 0.4) is 0 Å². The average molecular weight is 324 g/mol. The summed E-state index contributed by atoms with van der Waals surface area (Å²) in [6.45, 7) is 1.32. The number of nitrogens with zero attached hydrogens (tertiary/aromatic N) is 1. The molecule has 0 spiro atoms. The van der Waals surface area contributed by atoms with E-state index in [-0.39, 0.29) is 5.56 Å². The number of hydrogen-bond acceptors (Lipinski definition) is 4. The molecule has 0 bridgehead atoms. The maximum atomic E-state index is 11.3. The molecule has 1 heterocycles. The fraction of sp³-hybridized carbons (Fsp3) is 0.231. The zero-order chi connectivity index (χ0) is 13.5. The van der Waals surface area contributed by atoms with Crippen LogP contribution in [0.5, 0.6) is 5.75 Å². The Morgan fingerprint density at radius 1 is 1.32 bits per heavy atom. The number of H-pyrrole nitrogens is 1. The minimum Gasteiger partial charge on any atom is -0.494 e. The molecule has 0 saturated carbocycles. The summed E-state index contributed by atoms with van der Waals surface area (Å²) in [5, 5.41) is 9.21. The van der Waals surface area contributed by atoms with E-state index in [1.54, 1.807) is 6.20 Å². The molecule has 0 saturated heterocycles. The number of hydrogen-bond donors (Lipinski definition) is 2. The van der Waals surface area contributed by atoms with Crippen molar-refractivity contribution in [2.24, 2.45) is 0 Å². The zero-order valence-corrected chi connectivity index (χ0v) is 11.8. The topological polar surface area (TPSA) is 67.0 Å². The van der Waals surface area contributed by atoms with E-state index in [0.717, 1.165) is 12.2 Å². The van der Waals surface area contributed by atoms with Crippen LogP contribution in [0.25, 0.3) is 0 Å². The number of aromatic amines is 1. The molecule has 100 valence electrons.